The first-order valence-electron chi connectivity index (χ1n) is 8.68. The molecule has 3 amide bonds. The Balaban J connectivity index is 1.66. The molecule has 0 unspecified atom stereocenters. The van der Waals surface area contributed by atoms with Crippen LogP contribution in [0.5, 0.6) is 5.75 Å². The molecule has 0 radical (unpaired) electrons. The number of benzene rings is 1. The number of methoxy groups -OCH3 is 1. The molecule has 0 atom stereocenters. The lowest BCUT2D eigenvalue weighted by atomic mass is 10.2. The van der Waals surface area contributed by atoms with Gasteiger partial charge in [0.25, 0.3) is 0 Å². The molecule has 1 aliphatic carbocycles. The van der Waals surface area contributed by atoms with Crippen molar-refractivity contribution in [3.8, 4) is 5.75 Å². The summed E-state index contributed by atoms with van der Waals surface area (Å²) in [6.07, 6.45) is 5.36. The van der Waals surface area contributed by atoms with Gasteiger partial charge in [-0.3, -0.25) is 14.4 Å². The molecule has 2 fully saturated rings. The minimum atomic E-state index is -0.695. The second-order valence-electron chi connectivity index (χ2n) is 6.44. The highest BCUT2D eigenvalue weighted by atomic mass is 16.5. The van der Waals surface area contributed by atoms with Gasteiger partial charge in [-0.2, -0.15) is 0 Å². The standard InChI is InChI=1S/C18H23N3O4/c1-25-15-11-13(8-9-14(15)21-10-4-7-16(21)22)20-18(24)17(23)19-12-5-2-3-6-12/h8-9,11-12H,2-7,10H2,1H3,(H,19,23)(H,20,24). The molecule has 1 aromatic carbocycles. The Bertz CT molecular complexity index is 683. The summed E-state index contributed by atoms with van der Waals surface area (Å²) < 4.78 is 5.35. The predicted octanol–water partition coefficient (Wildman–Crippen LogP) is 1.82. The number of nitrogens with zero attached hydrogens (tertiary/aromatic N) is 1. The predicted molar refractivity (Wildman–Crippen MR) is 93.6 cm³/mol. The van der Waals surface area contributed by atoms with E-state index in [0.717, 1.165) is 32.1 Å². The number of carbonyl (C=O) groups excluding carboxylic acids is 3. The van der Waals surface area contributed by atoms with E-state index in [-0.39, 0.29) is 11.9 Å². The number of hydrogen-bond acceptors (Lipinski definition) is 4. The summed E-state index contributed by atoms with van der Waals surface area (Å²) in [6, 6.07) is 5.12. The first kappa shape index (κ1) is 17.3. The fourth-order valence-electron chi connectivity index (χ4n) is 3.39. The maximum absolute atomic E-state index is 12.1. The van der Waals surface area contributed by atoms with E-state index in [1.165, 1.54) is 7.11 Å². The van der Waals surface area contributed by atoms with Gasteiger partial charge < -0.3 is 20.3 Å². The van der Waals surface area contributed by atoms with Crippen LogP contribution in [0.2, 0.25) is 0 Å². The van der Waals surface area contributed by atoms with Crippen LogP contribution in [0.3, 0.4) is 0 Å². The Morgan fingerprint density at radius 3 is 2.56 bits per heavy atom. The molecular formula is C18H23N3O4. The maximum atomic E-state index is 12.1. The molecule has 0 aromatic heterocycles. The lowest BCUT2D eigenvalue weighted by Gasteiger charge is -2.19. The maximum Gasteiger partial charge on any atom is 0.313 e. The Hall–Kier alpha value is -2.57. The van der Waals surface area contributed by atoms with E-state index in [1.54, 1.807) is 23.1 Å². The summed E-state index contributed by atoms with van der Waals surface area (Å²) in [7, 11) is 1.51. The van der Waals surface area contributed by atoms with Crippen LogP contribution in [0.25, 0.3) is 0 Å². The second kappa shape index (κ2) is 7.55. The lowest BCUT2D eigenvalue weighted by Crippen LogP contribution is -2.40. The monoisotopic (exact) mass is 345 g/mol. The fraction of sp³-hybridized carbons (Fsp3) is 0.500. The van der Waals surface area contributed by atoms with Gasteiger partial charge in [0.15, 0.2) is 0 Å². The summed E-state index contributed by atoms with van der Waals surface area (Å²) in [5.74, 6) is -0.765. The number of rotatable bonds is 4. The summed E-state index contributed by atoms with van der Waals surface area (Å²) in [6.45, 7) is 0.657. The van der Waals surface area contributed by atoms with Crippen molar-refractivity contribution in [1.82, 2.24) is 5.32 Å². The minimum Gasteiger partial charge on any atom is -0.494 e. The molecule has 0 bridgehead atoms. The lowest BCUT2D eigenvalue weighted by molar-refractivity contribution is -0.136. The second-order valence-corrected chi connectivity index (χ2v) is 6.44. The number of ether oxygens (including phenoxy) is 1. The van der Waals surface area contributed by atoms with Gasteiger partial charge in [0, 0.05) is 30.8 Å². The van der Waals surface area contributed by atoms with Crippen molar-refractivity contribution in [2.45, 2.75) is 44.6 Å². The normalized spacial score (nSPS) is 17.6. The first-order chi connectivity index (χ1) is 12.1. The van der Waals surface area contributed by atoms with E-state index in [2.05, 4.69) is 10.6 Å². The highest BCUT2D eigenvalue weighted by Gasteiger charge is 2.25. The first-order valence-corrected chi connectivity index (χ1v) is 8.68. The zero-order chi connectivity index (χ0) is 17.8. The quantitative estimate of drug-likeness (QED) is 0.815. The zero-order valence-corrected chi connectivity index (χ0v) is 14.3. The Kier molecular flexibility index (Phi) is 5.21. The van der Waals surface area contributed by atoms with Gasteiger partial charge in [-0.15, -0.1) is 0 Å². The Morgan fingerprint density at radius 2 is 1.92 bits per heavy atom. The molecule has 7 heteroatoms. The third-order valence-electron chi connectivity index (χ3n) is 4.70. The molecular weight excluding hydrogens is 322 g/mol. The summed E-state index contributed by atoms with van der Waals surface area (Å²) in [5, 5.41) is 5.34. The molecule has 1 heterocycles. The number of hydrogen-bond donors (Lipinski definition) is 2. The SMILES string of the molecule is COc1cc(NC(=O)C(=O)NC2CCCC2)ccc1N1CCCC1=O. The Morgan fingerprint density at radius 1 is 1.16 bits per heavy atom. The topological polar surface area (TPSA) is 87.7 Å². The largest absolute Gasteiger partial charge is 0.494 e. The molecule has 1 aliphatic heterocycles. The van der Waals surface area contributed by atoms with E-state index in [0.29, 0.717) is 30.1 Å². The fourth-order valence-corrected chi connectivity index (χ4v) is 3.39. The van der Waals surface area contributed by atoms with Crippen LogP contribution in [0.4, 0.5) is 11.4 Å². The zero-order valence-electron chi connectivity index (χ0n) is 14.3. The molecule has 2 N–H and O–H groups in total. The number of anilines is 2. The van der Waals surface area contributed by atoms with Crippen LogP contribution in [0, 0.1) is 0 Å². The van der Waals surface area contributed by atoms with Gasteiger partial charge in [-0.25, -0.2) is 0 Å². The Labute approximate surface area is 146 Å². The number of nitrogens with one attached hydrogen (secondary N) is 2. The van der Waals surface area contributed by atoms with Gasteiger partial charge in [0.2, 0.25) is 5.91 Å². The van der Waals surface area contributed by atoms with E-state index in [4.69, 9.17) is 4.74 Å². The third-order valence-corrected chi connectivity index (χ3v) is 4.70. The van der Waals surface area contributed by atoms with Crippen molar-refractivity contribution in [3.05, 3.63) is 18.2 Å². The van der Waals surface area contributed by atoms with Crippen molar-refractivity contribution in [3.63, 3.8) is 0 Å². The van der Waals surface area contributed by atoms with Crippen molar-refractivity contribution in [2.75, 3.05) is 23.9 Å². The van der Waals surface area contributed by atoms with Crippen LogP contribution >= 0.6 is 0 Å². The third kappa shape index (κ3) is 3.92. The van der Waals surface area contributed by atoms with Crippen LogP contribution in [0.15, 0.2) is 18.2 Å². The van der Waals surface area contributed by atoms with Gasteiger partial charge >= 0.3 is 11.8 Å². The summed E-state index contributed by atoms with van der Waals surface area (Å²) >= 11 is 0. The van der Waals surface area contributed by atoms with Crippen LogP contribution < -0.4 is 20.3 Å². The van der Waals surface area contributed by atoms with Crippen molar-refractivity contribution in [2.24, 2.45) is 0 Å². The average Bonchev–Trinajstić information content (AvgIpc) is 3.26. The molecule has 134 valence electrons. The van der Waals surface area contributed by atoms with Crippen molar-refractivity contribution < 1.29 is 19.1 Å². The number of amides is 3. The van der Waals surface area contributed by atoms with Crippen LogP contribution in [-0.2, 0) is 14.4 Å². The van der Waals surface area contributed by atoms with Crippen molar-refractivity contribution >= 4 is 29.1 Å². The van der Waals surface area contributed by atoms with Crippen LogP contribution in [-0.4, -0.2) is 37.4 Å². The smallest absolute Gasteiger partial charge is 0.313 e. The van der Waals surface area contributed by atoms with Crippen molar-refractivity contribution in [1.29, 1.82) is 0 Å². The van der Waals surface area contributed by atoms with E-state index in [1.807, 2.05) is 0 Å². The molecule has 1 saturated carbocycles. The summed E-state index contributed by atoms with van der Waals surface area (Å²) in [4.78, 5) is 37.6. The van der Waals surface area contributed by atoms with Gasteiger partial charge in [0.1, 0.15) is 5.75 Å². The van der Waals surface area contributed by atoms with E-state index in [9.17, 15) is 14.4 Å². The molecule has 3 rings (SSSR count). The van der Waals surface area contributed by atoms with Gasteiger partial charge in [-0.1, -0.05) is 12.8 Å². The average molecular weight is 345 g/mol. The number of carbonyl (C=O) groups is 3. The minimum absolute atomic E-state index is 0.0611. The molecule has 1 aromatic rings. The molecule has 2 aliphatic rings. The molecule has 25 heavy (non-hydrogen) atoms. The molecule has 7 nitrogen and oxygen atoms in total. The van der Waals surface area contributed by atoms with Gasteiger partial charge in [0.05, 0.1) is 12.8 Å². The highest BCUT2D eigenvalue weighted by Crippen LogP contribution is 2.33. The van der Waals surface area contributed by atoms with E-state index >= 15 is 0 Å². The molecule has 0 spiro atoms. The molecule has 1 saturated heterocycles. The van der Waals surface area contributed by atoms with Gasteiger partial charge in [-0.05, 0) is 31.4 Å². The van der Waals surface area contributed by atoms with E-state index < -0.39 is 11.8 Å². The van der Waals surface area contributed by atoms with Crippen LogP contribution in [0.1, 0.15) is 38.5 Å². The summed E-state index contributed by atoms with van der Waals surface area (Å²) in [5.41, 5.74) is 1.14. The highest BCUT2D eigenvalue weighted by molar-refractivity contribution is 6.39.